The van der Waals surface area contributed by atoms with Gasteiger partial charge in [0.25, 0.3) is 5.56 Å². The van der Waals surface area contributed by atoms with Crippen LogP contribution < -0.4 is 11.2 Å². The molecule has 0 spiro atoms. The van der Waals surface area contributed by atoms with Gasteiger partial charge < -0.3 is 0 Å². The van der Waals surface area contributed by atoms with E-state index in [2.05, 4.69) is 0 Å². The molecule has 1 aromatic heterocycles. The topological polar surface area (TPSA) is 84.9 Å². The van der Waals surface area contributed by atoms with E-state index in [1.807, 2.05) is 6.07 Å². The second kappa shape index (κ2) is 5.65. The Labute approximate surface area is 130 Å². The molecule has 1 aliphatic rings. The van der Waals surface area contributed by atoms with E-state index in [4.69, 9.17) is 0 Å². The summed E-state index contributed by atoms with van der Waals surface area (Å²) in [7, 11) is 0. The van der Waals surface area contributed by atoms with Crippen LogP contribution in [0.3, 0.4) is 0 Å². The molecule has 0 saturated heterocycles. The number of nitriles is 1. The summed E-state index contributed by atoms with van der Waals surface area (Å²) in [5.74, 6) is -1.14. The zero-order valence-electron chi connectivity index (χ0n) is 12.1. The Morgan fingerprint density at radius 3 is 2.83 bits per heavy atom. The number of rotatable bonds is 3. The predicted molar refractivity (Wildman–Crippen MR) is 78.7 cm³/mol. The minimum Gasteiger partial charge on any atom is -0.296 e. The standard InChI is InChI=1S/C16H12FN3O3/c17-11-4-1-3-10(7-11)14(21)9-20-15(22)12(8-18)13-5-2-6-19(13)16(20)23/h1,3-4,7H,2,5-6,9H2. The molecule has 0 fully saturated rings. The number of ketones is 1. The van der Waals surface area contributed by atoms with Crippen molar-refractivity contribution in [3.8, 4) is 6.07 Å². The summed E-state index contributed by atoms with van der Waals surface area (Å²) >= 11 is 0. The van der Waals surface area contributed by atoms with Gasteiger partial charge in [-0.05, 0) is 25.0 Å². The molecule has 1 aromatic carbocycles. The van der Waals surface area contributed by atoms with Gasteiger partial charge in [-0.1, -0.05) is 12.1 Å². The molecule has 0 unspecified atom stereocenters. The number of benzene rings is 1. The third-order valence-corrected chi connectivity index (χ3v) is 3.89. The van der Waals surface area contributed by atoms with Gasteiger partial charge in [-0.15, -0.1) is 0 Å². The highest BCUT2D eigenvalue weighted by atomic mass is 19.1. The van der Waals surface area contributed by atoms with Crippen molar-refractivity contribution in [2.45, 2.75) is 25.9 Å². The zero-order chi connectivity index (χ0) is 16.6. The van der Waals surface area contributed by atoms with Crippen LogP contribution in [0.1, 0.15) is 28.0 Å². The molecule has 6 nitrogen and oxygen atoms in total. The van der Waals surface area contributed by atoms with Crippen LogP contribution in [0.4, 0.5) is 4.39 Å². The SMILES string of the molecule is N#Cc1c2n(c(=O)n(CC(=O)c3cccc(F)c3)c1=O)CCC2. The lowest BCUT2D eigenvalue weighted by Gasteiger charge is -2.10. The molecule has 0 radical (unpaired) electrons. The summed E-state index contributed by atoms with van der Waals surface area (Å²) in [4.78, 5) is 36.9. The van der Waals surface area contributed by atoms with E-state index in [1.165, 1.54) is 22.8 Å². The molecule has 0 amide bonds. The van der Waals surface area contributed by atoms with Crippen LogP contribution in [0.25, 0.3) is 0 Å². The molecule has 2 aromatic rings. The van der Waals surface area contributed by atoms with Crippen LogP contribution in [-0.2, 0) is 19.5 Å². The maximum absolute atomic E-state index is 13.2. The summed E-state index contributed by atoms with van der Waals surface area (Å²) in [6.45, 7) is -0.104. The first kappa shape index (κ1) is 14.9. The van der Waals surface area contributed by atoms with Gasteiger partial charge in [-0.25, -0.2) is 9.18 Å². The van der Waals surface area contributed by atoms with Crippen LogP contribution in [0, 0.1) is 17.1 Å². The first-order valence-electron chi connectivity index (χ1n) is 7.08. The third-order valence-electron chi connectivity index (χ3n) is 3.89. The van der Waals surface area contributed by atoms with Gasteiger partial charge in [0, 0.05) is 17.8 Å². The van der Waals surface area contributed by atoms with E-state index in [9.17, 15) is 24.0 Å². The summed E-state index contributed by atoms with van der Waals surface area (Å²) in [5.41, 5.74) is -0.979. The average molecular weight is 313 g/mol. The fourth-order valence-corrected chi connectivity index (χ4v) is 2.79. The Bertz CT molecular complexity index is 966. The molecule has 116 valence electrons. The minimum atomic E-state index is -0.768. The van der Waals surface area contributed by atoms with Gasteiger partial charge >= 0.3 is 5.69 Å². The van der Waals surface area contributed by atoms with Crippen LogP contribution in [0.5, 0.6) is 0 Å². The van der Waals surface area contributed by atoms with Crippen molar-refractivity contribution in [3.63, 3.8) is 0 Å². The second-order valence-electron chi connectivity index (χ2n) is 5.30. The first-order chi connectivity index (χ1) is 11.0. The summed E-state index contributed by atoms with van der Waals surface area (Å²) in [6.07, 6.45) is 1.16. The Kier molecular flexibility index (Phi) is 3.66. The van der Waals surface area contributed by atoms with Crippen LogP contribution in [-0.4, -0.2) is 14.9 Å². The Morgan fingerprint density at radius 2 is 2.13 bits per heavy atom. The molecule has 23 heavy (non-hydrogen) atoms. The Hall–Kier alpha value is -3.01. The predicted octanol–water partition coefficient (Wildman–Crippen LogP) is 0.850. The monoisotopic (exact) mass is 313 g/mol. The maximum atomic E-state index is 13.2. The van der Waals surface area contributed by atoms with Crippen molar-refractivity contribution < 1.29 is 9.18 Å². The van der Waals surface area contributed by atoms with Crippen molar-refractivity contribution >= 4 is 5.78 Å². The number of fused-ring (bicyclic) bond motifs is 1. The van der Waals surface area contributed by atoms with E-state index >= 15 is 0 Å². The molecule has 0 saturated carbocycles. The number of hydrogen-bond acceptors (Lipinski definition) is 4. The van der Waals surface area contributed by atoms with Crippen molar-refractivity contribution in [1.29, 1.82) is 5.26 Å². The van der Waals surface area contributed by atoms with Crippen LogP contribution in [0.15, 0.2) is 33.9 Å². The lowest BCUT2D eigenvalue weighted by Crippen LogP contribution is -2.43. The van der Waals surface area contributed by atoms with Crippen molar-refractivity contribution in [2.75, 3.05) is 0 Å². The van der Waals surface area contributed by atoms with Crippen molar-refractivity contribution in [3.05, 3.63) is 67.7 Å². The van der Waals surface area contributed by atoms with E-state index in [1.54, 1.807) is 0 Å². The largest absolute Gasteiger partial charge is 0.331 e. The van der Waals surface area contributed by atoms with Gasteiger partial charge in [0.2, 0.25) is 0 Å². The van der Waals surface area contributed by atoms with Gasteiger partial charge in [0.05, 0.1) is 6.54 Å². The van der Waals surface area contributed by atoms with Crippen molar-refractivity contribution in [2.24, 2.45) is 0 Å². The molecule has 0 aliphatic carbocycles. The lowest BCUT2D eigenvalue weighted by molar-refractivity contribution is 0.0968. The summed E-state index contributed by atoms with van der Waals surface area (Å²) in [6, 6.07) is 6.85. The van der Waals surface area contributed by atoms with Gasteiger partial charge in [0.1, 0.15) is 17.4 Å². The number of carbonyl (C=O) groups is 1. The zero-order valence-corrected chi connectivity index (χ0v) is 12.1. The summed E-state index contributed by atoms with van der Waals surface area (Å²) in [5, 5.41) is 9.17. The highest BCUT2D eigenvalue weighted by molar-refractivity contribution is 5.95. The molecule has 1 aliphatic heterocycles. The molecule has 0 bridgehead atoms. The van der Waals surface area contributed by atoms with Crippen LogP contribution >= 0.6 is 0 Å². The Morgan fingerprint density at radius 1 is 1.35 bits per heavy atom. The summed E-state index contributed by atoms with van der Waals surface area (Å²) < 4.78 is 15.3. The highest BCUT2D eigenvalue weighted by Gasteiger charge is 2.23. The van der Waals surface area contributed by atoms with Gasteiger partial charge in [-0.2, -0.15) is 5.26 Å². The second-order valence-corrected chi connectivity index (χ2v) is 5.30. The minimum absolute atomic E-state index is 0.0697. The molecular formula is C16H12FN3O3. The number of aromatic nitrogens is 2. The first-order valence-corrected chi connectivity index (χ1v) is 7.08. The van der Waals surface area contributed by atoms with E-state index in [-0.39, 0.29) is 11.1 Å². The molecule has 3 rings (SSSR count). The average Bonchev–Trinajstić information content (AvgIpc) is 3.01. The lowest BCUT2D eigenvalue weighted by atomic mass is 10.1. The van der Waals surface area contributed by atoms with E-state index in [0.29, 0.717) is 25.1 Å². The molecule has 0 N–H and O–H groups in total. The molecule has 2 heterocycles. The quantitative estimate of drug-likeness (QED) is 0.786. The van der Waals surface area contributed by atoms with Gasteiger partial charge in [-0.3, -0.25) is 18.7 Å². The number of carbonyl (C=O) groups excluding carboxylic acids is 1. The molecular weight excluding hydrogens is 301 g/mol. The molecule has 0 atom stereocenters. The fraction of sp³-hybridized carbons (Fsp3) is 0.250. The smallest absolute Gasteiger partial charge is 0.296 e. The van der Waals surface area contributed by atoms with E-state index < -0.39 is 29.4 Å². The number of halogens is 1. The van der Waals surface area contributed by atoms with Crippen LogP contribution in [0.2, 0.25) is 0 Å². The van der Waals surface area contributed by atoms with Gasteiger partial charge in [0.15, 0.2) is 5.78 Å². The van der Waals surface area contributed by atoms with E-state index in [0.717, 1.165) is 10.6 Å². The molecule has 7 heteroatoms. The number of nitrogens with zero attached hydrogens (tertiary/aromatic N) is 3. The number of Topliss-reactive ketones (excluding diaryl/α,β-unsaturated/α-hetero) is 1. The number of hydrogen-bond donors (Lipinski definition) is 0. The fourth-order valence-electron chi connectivity index (χ4n) is 2.79. The van der Waals surface area contributed by atoms with Crippen molar-refractivity contribution in [1.82, 2.24) is 9.13 Å². The maximum Gasteiger partial charge on any atom is 0.331 e. The Balaban J connectivity index is 2.08. The third kappa shape index (κ3) is 2.48. The normalized spacial score (nSPS) is 12.7. The highest BCUT2D eigenvalue weighted by Crippen LogP contribution is 2.13.